The summed E-state index contributed by atoms with van der Waals surface area (Å²) in [5.41, 5.74) is -0.205. The van der Waals surface area contributed by atoms with E-state index in [1.807, 2.05) is 4.90 Å². The summed E-state index contributed by atoms with van der Waals surface area (Å²) in [4.78, 5) is 35.8. The Bertz CT molecular complexity index is 758. The van der Waals surface area contributed by atoms with Gasteiger partial charge in [-0.1, -0.05) is 0 Å². The van der Waals surface area contributed by atoms with Crippen LogP contribution in [0.15, 0.2) is 11.0 Å². The van der Waals surface area contributed by atoms with Gasteiger partial charge in [-0.05, 0) is 64.5 Å². The van der Waals surface area contributed by atoms with Crippen LogP contribution in [0.2, 0.25) is 0 Å². The highest BCUT2D eigenvalue weighted by molar-refractivity contribution is 5.93. The first kappa shape index (κ1) is 18.6. The van der Waals surface area contributed by atoms with E-state index in [1.54, 1.807) is 6.92 Å². The van der Waals surface area contributed by atoms with Crippen molar-refractivity contribution in [1.82, 2.24) is 19.8 Å². The van der Waals surface area contributed by atoms with Crippen LogP contribution in [0.5, 0.6) is 0 Å². The molecular weight excluding hydrogens is 344 g/mol. The first-order valence-electron chi connectivity index (χ1n) is 10.1. The molecule has 148 valence electrons. The number of ether oxygens (including phenoxy) is 1. The van der Waals surface area contributed by atoms with Crippen molar-refractivity contribution in [3.63, 3.8) is 0 Å². The normalized spacial score (nSPS) is 30.6. The second-order valence-corrected chi connectivity index (χ2v) is 8.76. The molecule has 1 N–H and O–H groups in total. The number of nitrogens with zero attached hydrogens (tertiary/aromatic N) is 3. The Kier molecular flexibility index (Phi) is 5.07. The van der Waals surface area contributed by atoms with Crippen LogP contribution in [-0.2, 0) is 4.74 Å². The zero-order valence-corrected chi connectivity index (χ0v) is 16.5. The summed E-state index contributed by atoms with van der Waals surface area (Å²) in [6.45, 7) is 4.01. The minimum Gasteiger partial charge on any atom is -0.376 e. The quantitative estimate of drug-likeness (QED) is 0.840. The van der Waals surface area contributed by atoms with Crippen LogP contribution in [0.1, 0.15) is 41.9 Å². The molecule has 4 rings (SSSR count). The van der Waals surface area contributed by atoms with Crippen LogP contribution in [0.4, 0.5) is 0 Å². The maximum Gasteiger partial charge on any atom is 0.263 e. The van der Waals surface area contributed by atoms with Crippen LogP contribution in [-0.4, -0.2) is 71.6 Å². The van der Waals surface area contributed by atoms with Crippen molar-refractivity contribution in [1.29, 1.82) is 0 Å². The predicted molar refractivity (Wildman–Crippen MR) is 102 cm³/mol. The summed E-state index contributed by atoms with van der Waals surface area (Å²) in [6, 6.07) is 0.393. The molecular formula is C20H30N4O3. The molecule has 0 unspecified atom stereocenters. The fraction of sp³-hybridized carbons (Fsp3) is 0.750. The van der Waals surface area contributed by atoms with Crippen molar-refractivity contribution < 1.29 is 9.53 Å². The highest BCUT2D eigenvalue weighted by Gasteiger charge is 2.45. The summed E-state index contributed by atoms with van der Waals surface area (Å²) >= 11 is 0. The smallest absolute Gasteiger partial charge is 0.263 e. The van der Waals surface area contributed by atoms with Crippen molar-refractivity contribution in [2.24, 2.45) is 17.8 Å². The largest absolute Gasteiger partial charge is 0.376 e. The number of nitrogens with one attached hydrogen (secondary N) is 1. The SMILES string of the molecule is Cc1ncc(C(=O)N2C[C@H]3C[C@@H](N(C)C)[C@H](OCC4CC4)C[C@H]3C2)c(=O)[nH]1. The van der Waals surface area contributed by atoms with E-state index in [4.69, 9.17) is 4.74 Å². The number of carbonyl (C=O) groups excluding carboxylic acids is 1. The van der Waals surface area contributed by atoms with Gasteiger partial charge in [0.15, 0.2) is 0 Å². The second kappa shape index (κ2) is 7.36. The first-order chi connectivity index (χ1) is 12.9. The number of hydrogen-bond acceptors (Lipinski definition) is 5. The molecule has 0 spiro atoms. The Morgan fingerprint density at radius 2 is 2.00 bits per heavy atom. The molecule has 1 aromatic rings. The number of carbonyl (C=O) groups is 1. The lowest BCUT2D eigenvalue weighted by molar-refractivity contribution is -0.0493. The van der Waals surface area contributed by atoms with E-state index in [1.165, 1.54) is 19.0 Å². The van der Waals surface area contributed by atoms with Gasteiger partial charge in [0.2, 0.25) is 0 Å². The van der Waals surface area contributed by atoms with Gasteiger partial charge in [0.25, 0.3) is 11.5 Å². The maximum absolute atomic E-state index is 12.9. The molecule has 4 atom stereocenters. The number of rotatable bonds is 5. The van der Waals surface area contributed by atoms with E-state index in [0.29, 0.717) is 30.2 Å². The average Bonchev–Trinajstić information content (AvgIpc) is 3.35. The maximum atomic E-state index is 12.9. The molecule has 2 aliphatic carbocycles. The van der Waals surface area contributed by atoms with Crippen molar-refractivity contribution >= 4 is 5.91 Å². The molecule has 2 heterocycles. The van der Waals surface area contributed by atoms with Crippen LogP contribution >= 0.6 is 0 Å². The molecule has 3 fully saturated rings. The lowest BCUT2D eigenvalue weighted by Crippen LogP contribution is -2.48. The lowest BCUT2D eigenvalue weighted by atomic mass is 9.77. The van der Waals surface area contributed by atoms with Gasteiger partial charge in [0, 0.05) is 31.9 Å². The molecule has 1 aliphatic heterocycles. The van der Waals surface area contributed by atoms with E-state index in [2.05, 4.69) is 29.0 Å². The summed E-state index contributed by atoms with van der Waals surface area (Å²) in [5.74, 6) is 2.01. The Morgan fingerprint density at radius 3 is 2.63 bits per heavy atom. The molecule has 1 amide bonds. The number of likely N-dealkylation sites (N-methyl/N-ethyl adjacent to an activating group) is 1. The van der Waals surface area contributed by atoms with Gasteiger partial charge < -0.3 is 19.5 Å². The topological polar surface area (TPSA) is 78.5 Å². The number of hydrogen-bond donors (Lipinski definition) is 1. The first-order valence-corrected chi connectivity index (χ1v) is 10.1. The summed E-state index contributed by atoms with van der Waals surface area (Å²) in [6.07, 6.45) is 6.27. The van der Waals surface area contributed by atoms with Crippen molar-refractivity contribution in [3.05, 3.63) is 27.9 Å². The van der Waals surface area contributed by atoms with Crippen molar-refractivity contribution in [2.45, 2.75) is 44.8 Å². The third-order valence-electron chi connectivity index (χ3n) is 6.44. The third kappa shape index (κ3) is 3.94. The molecule has 27 heavy (non-hydrogen) atoms. The average molecular weight is 374 g/mol. The van der Waals surface area contributed by atoms with Crippen molar-refractivity contribution in [3.8, 4) is 0 Å². The molecule has 0 radical (unpaired) electrons. The van der Waals surface area contributed by atoms with Gasteiger partial charge in [-0.3, -0.25) is 9.59 Å². The second-order valence-electron chi connectivity index (χ2n) is 8.76. The van der Waals surface area contributed by atoms with Crippen LogP contribution in [0.25, 0.3) is 0 Å². The zero-order chi connectivity index (χ0) is 19.1. The van der Waals surface area contributed by atoms with Crippen LogP contribution < -0.4 is 5.56 Å². The third-order valence-corrected chi connectivity index (χ3v) is 6.44. The summed E-state index contributed by atoms with van der Waals surface area (Å²) in [5, 5.41) is 0. The molecule has 7 heteroatoms. The monoisotopic (exact) mass is 374 g/mol. The molecule has 0 aromatic carbocycles. The van der Waals surface area contributed by atoms with Crippen LogP contribution in [0, 0.1) is 24.7 Å². The van der Waals surface area contributed by atoms with Gasteiger partial charge in [-0.2, -0.15) is 0 Å². The highest BCUT2D eigenvalue weighted by atomic mass is 16.5. The highest BCUT2D eigenvalue weighted by Crippen LogP contribution is 2.40. The Balaban J connectivity index is 1.45. The van der Waals surface area contributed by atoms with Gasteiger partial charge in [0.1, 0.15) is 11.4 Å². The zero-order valence-electron chi connectivity index (χ0n) is 16.5. The molecule has 1 saturated heterocycles. The van der Waals surface area contributed by atoms with Crippen LogP contribution in [0.3, 0.4) is 0 Å². The molecule has 3 aliphatic rings. The van der Waals surface area contributed by atoms with Gasteiger partial charge in [-0.15, -0.1) is 0 Å². The number of fused-ring (bicyclic) bond motifs is 1. The number of likely N-dealkylation sites (tertiary alicyclic amines) is 1. The van der Waals surface area contributed by atoms with E-state index in [0.717, 1.165) is 31.9 Å². The van der Waals surface area contributed by atoms with Gasteiger partial charge in [0.05, 0.1) is 6.10 Å². The summed E-state index contributed by atoms with van der Waals surface area (Å²) < 4.78 is 6.29. The fourth-order valence-electron chi connectivity index (χ4n) is 4.63. The minimum absolute atomic E-state index is 0.143. The number of aromatic amines is 1. The number of aryl methyl sites for hydroxylation is 1. The van der Waals surface area contributed by atoms with Gasteiger partial charge in [-0.25, -0.2) is 4.98 Å². The Morgan fingerprint density at radius 1 is 1.30 bits per heavy atom. The van der Waals surface area contributed by atoms with Crippen molar-refractivity contribution in [2.75, 3.05) is 33.8 Å². The Hall–Kier alpha value is -1.73. The summed E-state index contributed by atoms with van der Waals surface area (Å²) in [7, 11) is 4.24. The van der Waals surface area contributed by atoms with E-state index >= 15 is 0 Å². The van der Waals surface area contributed by atoms with E-state index in [-0.39, 0.29) is 23.1 Å². The van der Waals surface area contributed by atoms with E-state index in [9.17, 15) is 9.59 Å². The molecule has 0 bridgehead atoms. The van der Waals surface area contributed by atoms with Gasteiger partial charge >= 0.3 is 0 Å². The molecule has 1 aromatic heterocycles. The van der Waals surface area contributed by atoms with E-state index < -0.39 is 0 Å². The number of amides is 1. The fourth-order valence-corrected chi connectivity index (χ4v) is 4.63. The predicted octanol–water partition coefficient (Wildman–Crippen LogP) is 1.29. The number of aromatic nitrogens is 2. The standard InChI is InChI=1S/C20H30N4O3/c1-12-21-8-16(19(25)22-12)20(26)24-9-14-6-17(23(2)3)18(7-15(14)10-24)27-11-13-4-5-13/h8,13-15,17-18H,4-7,9-11H2,1-3H3,(H,21,22,25)/t14-,15+,17-,18-/m1/s1. The minimum atomic E-state index is -0.348. The molecule has 7 nitrogen and oxygen atoms in total. The Labute approximate surface area is 160 Å². The number of H-pyrrole nitrogens is 1. The lowest BCUT2D eigenvalue weighted by Gasteiger charge is -2.41. The molecule has 2 saturated carbocycles.